The van der Waals surface area contributed by atoms with Crippen LogP contribution in [0.3, 0.4) is 0 Å². The third-order valence-electron chi connectivity index (χ3n) is 2.64. The van der Waals surface area contributed by atoms with Crippen LogP contribution < -0.4 is 5.32 Å². The molecule has 0 radical (unpaired) electrons. The fourth-order valence-electron chi connectivity index (χ4n) is 1.72. The van der Waals surface area contributed by atoms with Crippen molar-refractivity contribution in [3.63, 3.8) is 0 Å². The molecule has 1 aromatic heterocycles. The summed E-state index contributed by atoms with van der Waals surface area (Å²) in [4.78, 5) is 23.1. The van der Waals surface area contributed by atoms with Crippen molar-refractivity contribution in [3.05, 3.63) is 51.7 Å². The topological polar surface area (TPSA) is 66.4 Å². The minimum Gasteiger partial charge on any atom is -0.477 e. The Hall–Kier alpha value is -2.14. The number of carboxylic acids is 1. The van der Waals surface area contributed by atoms with Gasteiger partial charge in [0.05, 0.1) is 12.1 Å². The summed E-state index contributed by atoms with van der Waals surface area (Å²) in [5.41, 5.74) is 2.06. The van der Waals surface area contributed by atoms with Gasteiger partial charge in [-0.2, -0.15) is 0 Å². The third-order valence-corrected chi connectivity index (χ3v) is 3.73. The van der Waals surface area contributed by atoms with Crippen LogP contribution in [0.2, 0.25) is 0 Å². The fourth-order valence-corrected chi connectivity index (χ4v) is 2.56. The van der Waals surface area contributed by atoms with E-state index in [2.05, 4.69) is 5.32 Å². The standard InChI is InChI=1S/C14H13NO3S/c1-9-8-19-13(14(17)18)12(9)15-11(16)7-10-5-3-2-4-6-10/h2-6,8H,7H2,1H3,(H,15,16)(H,17,18). The molecule has 0 saturated carbocycles. The monoisotopic (exact) mass is 275 g/mol. The van der Waals surface area contributed by atoms with Crippen molar-refractivity contribution in [2.45, 2.75) is 13.3 Å². The molecule has 2 aromatic rings. The first-order valence-electron chi connectivity index (χ1n) is 5.73. The Morgan fingerprint density at radius 1 is 1.26 bits per heavy atom. The Bertz CT molecular complexity index is 604. The highest BCUT2D eigenvalue weighted by molar-refractivity contribution is 7.12. The molecule has 0 unspecified atom stereocenters. The van der Waals surface area contributed by atoms with Crippen LogP contribution in [-0.4, -0.2) is 17.0 Å². The molecule has 4 nitrogen and oxygen atoms in total. The Labute approximate surface area is 114 Å². The molecule has 19 heavy (non-hydrogen) atoms. The summed E-state index contributed by atoms with van der Waals surface area (Å²) in [7, 11) is 0. The van der Waals surface area contributed by atoms with E-state index in [1.54, 1.807) is 12.3 Å². The molecule has 0 saturated heterocycles. The fraction of sp³-hybridized carbons (Fsp3) is 0.143. The number of aromatic carboxylic acids is 1. The van der Waals surface area contributed by atoms with Crippen LogP contribution in [-0.2, 0) is 11.2 Å². The van der Waals surface area contributed by atoms with Crippen molar-refractivity contribution < 1.29 is 14.7 Å². The number of carbonyl (C=O) groups excluding carboxylic acids is 1. The first kappa shape index (κ1) is 13.3. The van der Waals surface area contributed by atoms with Crippen molar-refractivity contribution >= 4 is 28.9 Å². The van der Waals surface area contributed by atoms with E-state index >= 15 is 0 Å². The van der Waals surface area contributed by atoms with Crippen molar-refractivity contribution in [2.75, 3.05) is 5.32 Å². The quantitative estimate of drug-likeness (QED) is 0.901. The highest BCUT2D eigenvalue weighted by atomic mass is 32.1. The Kier molecular flexibility index (Phi) is 3.97. The molecule has 2 N–H and O–H groups in total. The third kappa shape index (κ3) is 3.20. The number of carboxylic acid groups (broad SMARTS) is 1. The van der Waals surface area contributed by atoms with E-state index in [1.807, 2.05) is 30.3 Å². The van der Waals surface area contributed by atoms with Gasteiger partial charge in [-0.25, -0.2) is 4.79 Å². The van der Waals surface area contributed by atoms with Crippen LogP contribution >= 0.6 is 11.3 Å². The second-order valence-corrected chi connectivity index (χ2v) is 5.02. The van der Waals surface area contributed by atoms with Gasteiger partial charge >= 0.3 is 5.97 Å². The van der Waals surface area contributed by atoms with Gasteiger partial charge in [0.15, 0.2) is 0 Å². The van der Waals surface area contributed by atoms with E-state index in [-0.39, 0.29) is 17.2 Å². The van der Waals surface area contributed by atoms with Crippen molar-refractivity contribution in [1.82, 2.24) is 0 Å². The van der Waals surface area contributed by atoms with Crippen LogP contribution in [0.15, 0.2) is 35.7 Å². The molecule has 2 rings (SSSR count). The van der Waals surface area contributed by atoms with Crippen LogP contribution in [0.1, 0.15) is 20.8 Å². The molecule has 0 spiro atoms. The predicted octanol–water partition coefficient (Wildman–Crippen LogP) is 2.94. The lowest BCUT2D eigenvalue weighted by Gasteiger charge is -2.06. The zero-order valence-electron chi connectivity index (χ0n) is 10.3. The number of thiophene rings is 1. The lowest BCUT2D eigenvalue weighted by atomic mass is 10.1. The largest absolute Gasteiger partial charge is 0.477 e. The minimum atomic E-state index is -1.02. The number of nitrogens with one attached hydrogen (secondary N) is 1. The SMILES string of the molecule is Cc1csc(C(=O)O)c1NC(=O)Cc1ccccc1. The van der Waals surface area contributed by atoms with Gasteiger partial charge < -0.3 is 10.4 Å². The van der Waals surface area contributed by atoms with Gasteiger partial charge in [0.1, 0.15) is 4.88 Å². The van der Waals surface area contributed by atoms with E-state index in [0.717, 1.165) is 22.5 Å². The zero-order chi connectivity index (χ0) is 13.8. The maximum absolute atomic E-state index is 11.9. The molecular formula is C14H13NO3S. The van der Waals surface area contributed by atoms with Crippen molar-refractivity contribution in [2.24, 2.45) is 0 Å². The Morgan fingerprint density at radius 3 is 2.58 bits per heavy atom. The summed E-state index contributed by atoms with van der Waals surface area (Å²) in [6, 6.07) is 9.32. The predicted molar refractivity (Wildman–Crippen MR) is 74.8 cm³/mol. The Morgan fingerprint density at radius 2 is 1.95 bits per heavy atom. The van der Waals surface area contributed by atoms with Crippen molar-refractivity contribution in [3.8, 4) is 0 Å². The summed E-state index contributed by atoms with van der Waals surface area (Å²) < 4.78 is 0. The van der Waals surface area contributed by atoms with Crippen LogP contribution in [0, 0.1) is 6.92 Å². The number of hydrogen-bond donors (Lipinski definition) is 2. The summed E-state index contributed by atoms with van der Waals surface area (Å²) in [6.07, 6.45) is 0.231. The molecule has 0 atom stereocenters. The summed E-state index contributed by atoms with van der Waals surface area (Å²) >= 11 is 1.12. The van der Waals surface area contributed by atoms with E-state index in [9.17, 15) is 9.59 Å². The molecule has 1 heterocycles. The molecular weight excluding hydrogens is 262 g/mol. The number of benzene rings is 1. The molecule has 0 aliphatic carbocycles. The average molecular weight is 275 g/mol. The second kappa shape index (κ2) is 5.67. The van der Waals surface area contributed by atoms with E-state index in [4.69, 9.17) is 5.11 Å². The number of anilines is 1. The first-order chi connectivity index (χ1) is 9.08. The van der Waals surface area contributed by atoms with Crippen molar-refractivity contribution in [1.29, 1.82) is 0 Å². The smallest absolute Gasteiger partial charge is 0.348 e. The second-order valence-electron chi connectivity index (χ2n) is 4.14. The maximum atomic E-state index is 11.9. The normalized spacial score (nSPS) is 10.2. The molecule has 98 valence electrons. The lowest BCUT2D eigenvalue weighted by molar-refractivity contribution is -0.115. The number of amides is 1. The number of carbonyl (C=O) groups is 2. The molecule has 0 bridgehead atoms. The molecule has 1 amide bonds. The molecule has 0 aliphatic heterocycles. The van der Waals surface area contributed by atoms with E-state index < -0.39 is 5.97 Å². The van der Waals surface area contributed by atoms with Gasteiger partial charge in [0, 0.05) is 0 Å². The molecule has 1 aromatic carbocycles. The first-order valence-corrected chi connectivity index (χ1v) is 6.61. The number of rotatable bonds is 4. The van der Waals surface area contributed by atoms with E-state index in [0.29, 0.717) is 5.69 Å². The number of aryl methyl sites for hydroxylation is 1. The molecule has 0 fully saturated rings. The van der Waals surface area contributed by atoms with Crippen LogP contribution in [0.5, 0.6) is 0 Å². The van der Waals surface area contributed by atoms with Crippen LogP contribution in [0.25, 0.3) is 0 Å². The highest BCUT2D eigenvalue weighted by Crippen LogP contribution is 2.27. The lowest BCUT2D eigenvalue weighted by Crippen LogP contribution is -2.16. The zero-order valence-corrected chi connectivity index (χ0v) is 11.2. The van der Waals surface area contributed by atoms with Crippen LogP contribution in [0.4, 0.5) is 5.69 Å². The van der Waals surface area contributed by atoms with Gasteiger partial charge in [-0.15, -0.1) is 11.3 Å². The van der Waals surface area contributed by atoms with E-state index in [1.165, 1.54) is 0 Å². The number of hydrogen-bond acceptors (Lipinski definition) is 3. The minimum absolute atomic E-state index is 0.166. The Balaban J connectivity index is 2.11. The van der Waals surface area contributed by atoms with Gasteiger partial charge in [-0.3, -0.25) is 4.79 Å². The summed E-state index contributed by atoms with van der Waals surface area (Å²) in [5, 5.41) is 13.4. The highest BCUT2D eigenvalue weighted by Gasteiger charge is 2.17. The average Bonchev–Trinajstić information content (AvgIpc) is 2.72. The van der Waals surface area contributed by atoms with Gasteiger partial charge in [0.25, 0.3) is 0 Å². The van der Waals surface area contributed by atoms with Gasteiger partial charge in [-0.05, 0) is 23.4 Å². The maximum Gasteiger partial charge on any atom is 0.348 e. The summed E-state index contributed by atoms with van der Waals surface area (Å²) in [5.74, 6) is -1.23. The molecule has 0 aliphatic rings. The summed E-state index contributed by atoms with van der Waals surface area (Å²) in [6.45, 7) is 1.78. The van der Waals surface area contributed by atoms with Gasteiger partial charge in [0.2, 0.25) is 5.91 Å². The van der Waals surface area contributed by atoms with Gasteiger partial charge in [-0.1, -0.05) is 30.3 Å². The molecule has 5 heteroatoms.